The van der Waals surface area contributed by atoms with Crippen LogP contribution in [0.25, 0.3) is 0 Å². The number of fused-ring (bicyclic) bond motifs is 1. The van der Waals surface area contributed by atoms with E-state index in [1.165, 1.54) is 5.56 Å². The van der Waals surface area contributed by atoms with Crippen molar-refractivity contribution in [1.29, 1.82) is 0 Å². The molecule has 5 atom stereocenters. The van der Waals surface area contributed by atoms with Gasteiger partial charge in [-0.2, -0.15) is 0 Å². The molecule has 25 heavy (non-hydrogen) atoms. The Morgan fingerprint density at radius 2 is 1.96 bits per heavy atom. The van der Waals surface area contributed by atoms with Crippen molar-refractivity contribution >= 4 is 11.9 Å². The maximum absolute atomic E-state index is 13.0. The highest BCUT2D eigenvalue weighted by atomic mass is 16.5. The molecule has 2 saturated heterocycles. The number of carbonyl (C=O) groups is 2. The van der Waals surface area contributed by atoms with Gasteiger partial charge >= 0.3 is 5.97 Å². The first-order chi connectivity index (χ1) is 12.1. The number of nitrogens with zero attached hydrogens (tertiary/aromatic N) is 1. The van der Waals surface area contributed by atoms with E-state index in [9.17, 15) is 14.7 Å². The molecule has 1 saturated carbocycles. The summed E-state index contributed by atoms with van der Waals surface area (Å²) in [6, 6.07) is 10.1. The number of ether oxygens (including phenoxy) is 2. The van der Waals surface area contributed by atoms with E-state index >= 15 is 0 Å². The third kappa shape index (κ3) is 3.28. The predicted octanol–water partition coefficient (Wildman–Crippen LogP) is 1.19. The van der Waals surface area contributed by atoms with Gasteiger partial charge in [-0.1, -0.05) is 30.3 Å². The van der Waals surface area contributed by atoms with Crippen LogP contribution in [-0.4, -0.2) is 60.4 Å². The van der Waals surface area contributed by atoms with Crippen LogP contribution in [0.2, 0.25) is 0 Å². The zero-order valence-corrected chi connectivity index (χ0v) is 14.0. The molecule has 3 aliphatic rings. The lowest BCUT2D eigenvalue weighted by atomic mass is 10.0. The first kappa shape index (κ1) is 16.5. The highest BCUT2D eigenvalue weighted by Crippen LogP contribution is 2.52. The lowest BCUT2D eigenvalue weighted by Crippen LogP contribution is -2.54. The van der Waals surface area contributed by atoms with Crippen molar-refractivity contribution in [3.63, 3.8) is 0 Å². The summed E-state index contributed by atoms with van der Waals surface area (Å²) in [5.41, 5.74) is 1.17. The Balaban J connectivity index is 1.42. The molecular formula is C19H23NO5. The van der Waals surface area contributed by atoms with Crippen LogP contribution in [0.1, 0.15) is 12.0 Å². The van der Waals surface area contributed by atoms with E-state index in [4.69, 9.17) is 9.47 Å². The van der Waals surface area contributed by atoms with Crippen LogP contribution >= 0.6 is 0 Å². The van der Waals surface area contributed by atoms with Gasteiger partial charge in [0.15, 0.2) is 0 Å². The van der Waals surface area contributed by atoms with E-state index in [-0.39, 0.29) is 29.7 Å². The quantitative estimate of drug-likeness (QED) is 0.887. The Morgan fingerprint density at radius 3 is 2.72 bits per heavy atom. The molecule has 1 N–H and O–H groups in total. The summed E-state index contributed by atoms with van der Waals surface area (Å²) in [4.78, 5) is 26.1. The molecule has 6 heteroatoms. The zero-order chi connectivity index (χ0) is 17.4. The number of carbonyl (C=O) groups excluding carboxylic acids is 1. The number of rotatable bonds is 4. The molecular weight excluding hydrogens is 322 g/mol. The summed E-state index contributed by atoms with van der Waals surface area (Å²) in [6.45, 7) is 2.00. The largest absolute Gasteiger partial charge is 0.481 e. The van der Waals surface area contributed by atoms with Crippen LogP contribution in [0, 0.1) is 17.8 Å². The van der Waals surface area contributed by atoms with E-state index in [0.717, 1.165) is 6.42 Å². The van der Waals surface area contributed by atoms with E-state index in [0.29, 0.717) is 32.8 Å². The highest BCUT2D eigenvalue weighted by Gasteiger charge is 2.59. The SMILES string of the molecule is O=C(O)[C@@H]1[C@@H]2CO[C@H](C(=O)N3CCOC[C@@H]3Cc3ccccc3)C[C@@H]21. The van der Waals surface area contributed by atoms with Gasteiger partial charge in [0, 0.05) is 6.54 Å². The minimum absolute atomic E-state index is 0.000512. The Bertz CT molecular complexity index is 648. The number of amides is 1. The molecule has 0 aromatic heterocycles. The average molecular weight is 345 g/mol. The average Bonchev–Trinajstić information content (AvgIpc) is 3.36. The summed E-state index contributed by atoms with van der Waals surface area (Å²) in [6.07, 6.45) is 0.765. The van der Waals surface area contributed by atoms with Gasteiger partial charge in [-0.05, 0) is 30.2 Å². The third-order valence-electron chi connectivity index (χ3n) is 5.69. The van der Waals surface area contributed by atoms with Crippen molar-refractivity contribution in [3.8, 4) is 0 Å². The molecule has 4 rings (SSSR count). The van der Waals surface area contributed by atoms with E-state index < -0.39 is 12.1 Å². The molecule has 6 nitrogen and oxygen atoms in total. The van der Waals surface area contributed by atoms with Crippen molar-refractivity contribution in [3.05, 3.63) is 35.9 Å². The topological polar surface area (TPSA) is 76.1 Å². The smallest absolute Gasteiger partial charge is 0.307 e. The second-order valence-corrected chi connectivity index (χ2v) is 7.20. The second kappa shape index (κ2) is 6.77. The molecule has 1 aromatic rings. The Morgan fingerprint density at radius 1 is 1.16 bits per heavy atom. The summed E-state index contributed by atoms with van der Waals surface area (Å²) >= 11 is 0. The van der Waals surface area contributed by atoms with Gasteiger partial charge in [-0.25, -0.2) is 0 Å². The van der Waals surface area contributed by atoms with Crippen LogP contribution in [0.5, 0.6) is 0 Å². The highest BCUT2D eigenvalue weighted by molar-refractivity contribution is 5.82. The van der Waals surface area contributed by atoms with Crippen molar-refractivity contribution in [1.82, 2.24) is 4.90 Å². The van der Waals surface area contributed by atoms with Crippen LogP contribution in [-0.2, 0) is 25.5 Å². The standard InChI is InChI=1S/C19H23NO5/c21-18(16-9-14-15(11-25-16)17(14)19(22)23)20-6-7-24-10-13(20)8-12-4-2-1-3-5-12/h1-5,13-17H,6-11H2,(H,22,23)/t13-,14-,15+,16-,17-/m0/s1. The molecule has 0 bridgehead atoms. The minimum Gasteiger partial charge on any atom is -0.481 e. The summed E-state index contributed by atoms with van der Waals surface area (Å²) in [5, 5.41) is 9.20. The van der Waals surface area contributed by atoms with Gasteiger partial charge in [0.1, 0.15) is 6.10 Å². The number of benzene rings is 1. The predicted molar refractivity (Wildman–Crippen MR) is 88.9 cm³/mol. The fourth-order valence-electron chi connectivity index (χ4n) is 4.26. The van der Waals surface area contributed by atoms with Gasteiger partial charge in [0.05, 0.1) is 31.8 Å². The monoisotopic (exact) mass is 345 g/mol. The van der Waals surface area contributed by atoms with Gasteiger partial charge in [-0.15, -0.1) is 0 Å². The molecule has 0 unspecified atom stereocenters. The first-order valence-electron chi connectivity index (χ1n) is 8.91. The number of hydrogen-bond acceptors (Lipinski definition) is 4. The summed E-state index contributed by atoms with van der Waals surface area (Å²) in [5.74, 6) is -0.929. The molecule has 1 aliphatic carbocycles. The third-order valence-corrected chi connectivity index (χ3v) is 5.69. The Hall–Kier alpha value is -1.92. The van der Waals surface area contributed by atoms with Crippen LogP contribution in [0.4, 0.5) is 0 Å². The molecule has 0 radical (unpaired) electrons. The van der Waals surface area contributed by atoms with E-state index in [1.54, 1.807) is 0 Å². The molecule has 2 heterocycles. The van der Waals surface area contributed by atoms with E-state index in [1.807, 2.05) is 23.1 Å². The minimum atomic E-state index is -0.764. The van der Waals surface area contributed by atoms with Crippen molar-refractivity contribution in [2.75, 3.05) is 26.4 Å². The molecule has 1 aromatic carbocycles. The second-order valence-electron chi connectivity index (χ2n) is 7.20. The Kier molecular flexibility index (Phi) is 4.48. The van der Waals surface area contributed by atoms with E-state index in [2.05, 4.69) is 12.1 Å². The summed E-state index contributed by atoms with van der Waals surface area (Å²) in [7, 11) is 0. The number of aliphatic carboxylic acids is 1. The Labute approximate surface area is 146 Å². The first-order valence-corrected chi connectivity index (χ1v) is 8.91. The van der Waals surface area contributed by atoms with Crippen LogP contribution < -0.4 is 0 Å². The lowest BCUT2D eigenvalue weighted by molar-refractivity contribution is -0.155. The molecule has 134 valence electrons. The number of morpholine rings is 1. The van der Waals surface area contributed by atoms with Crippen LogP contribution in [0.15, 0.2) is 30.3 Å². The lowest BCUT2D eigenvalue weighted by Gasteiger charge is -2.38. The van der Waals surface area contributed by atoms with Gasteiger partial charge in [0.25, 0.3) is 5.91 Å². The number of carboxylic acids is 1. The maximum Gasteiger partial charge on any atom is 0.307 e. The number of hydrogen-bond donors (Lipinski definition) is 1. The fourth-order valence-corrected chi connectivity index (χ4v) is 4.26. The molecule has 3 fully saturated rings. The maximum atomic E-state index is 13.0. The normalized spacial score (nSPS) is 34.2. The summed E-state index contributed by atoms with van der Waals surface area (Å²) < 4.78 is 11.3. The van der Waals surface area contributed by atoms with Crippen molar-refractivity contribution < 1.29 is 24.2 Å². The molecule has 1 amide bonds. The zero-order valence-electron chi connectivity index (χ0n) is 14.0. The van der Waals surface area contributed by atoms with Crippen molar-refractivity contribution in [2.45, 2.75) is 25.0 Å². The van der Waals surface area contributed by atoms with Gasteiger partial charge in [0.2, 0.25) is 0 Å². The fraction of sp³-hybridized carbons (Fsp3) is 0.579. The molecule has 0 spiro atoms. The van der Waals surface area contributed by atoms with Crippen molar-refractivity contribution in [2.24, 2.45) is 17.8 Å². The van der Waals surface area contributed by atoms with Gasteiger partial charge in [-0.3, -0.25) is 9.59 Å². The molecule has 2 aliphatic heterocycles. The van der Waals surface area contributed by atoms with Crippen LogP contribution in [0.3, 0.4) is 0 Å². The number of carboxylic acid groups (broad SMARTS) is 1. The van der Waals surface area contributed by atoms with Gasteiger partial charge < -0.3 is 19.5 Å².